The third kappa shape index (κ3) is 4.43. The van der Waals surface area contributed by atoms with E-state index in [0.29, 0.717) is 0 Å². The fraction of sp³-hybridized carbons (Fsp3) is 1.00. The molecule has 0 saturated carbocycles. The second kappa shape index (κ2) is 3.18. The molecule has 0 atom stereocenters. The van der Waals surface area contributed by atoms with Crippen molar-refractivity contribution >= 4 is 0 Å². The predicted octanol–water partition coefficient (Wildman–Crippen LogP) is 1.79. The van der Waals surface area contributed by atoms with Gasteiger partial charge in [0.15, 0.2) is 5.79 Å². The quantitative estimate of drug-likeness (QED) is 0.545. The Balaban J connectivity index is 3.58. The van der Waals surface area contributed by atoms with E-state index in [0.717, 1.165) is 0 Å². The van der Waals surface area contributed by atoms with Gasteiger partial charge in [0.25, 0.3) is 0 Å². The van der Waals surface area contributed by atoms with Crippen molar-refractivity contribution in [1.29, 1.82) is 0 Å². The van der Waals surface area contributed by atoms with Crippen LogP contribution in [0.1, 0.15) is 27.7 Å². The van der Waals surface area contributed by atoms with Crippen LogP contribution in [-0.2, 0) is 9.47 Å². The molecule has 0 amide bonds. The van der Waals surface area contributed by atoms with Crippen molar-refractivity contribution in [2.45, 2.75) is 39.6 Å². The minimum absolute atomic E-state index is 0.222. The van der Waals surface area contributed by atoms with Crippen LogP contribution in [0.3, 0.4) is 0 Å². The third-order valence-electron chi connectivity index (χ3n) is 1.01. The van der Waals surface area contributed by atoms with Gasteiger partial charge in [-0.05, 0) is 27.7 Å². The second-order valence-electron chi connectivity index (χ2n) is 2.77. The Bertz CT molecular complexity index is 77.0. The molecule has 0 aliphatic heterocycles. The third-order valence-corrected chi connectivity index (χ3v) is 1.01. The highest BCUT2D eigenvalue weighted by molar-refractivity contribution is 4.53. The van der Waals surface area contributed by atoms with Crippen LogP contribution in [0.5, 0.6) is 0 Å². The molecule has 2 heteroatoms. The molecule has 0 bridgehead atoms. The number of methoxy groups -OCH3 is 1. The summed E-state index contributed by atoms with van der Waals surface area (Å²) >= 11 is 0. The molecule has 0 aliphatic carbocycles. The lowest BCUT2D eigenvalue weighted by Gasteiger charge is -2.25. The molecule has 0 fully saturated rings. The molecule has 0 aromatic carbocycles. The van der Waals surface area contributed by atoms with Gasteiger partial charge in [-0.25, -0.2) is 0 Å². The van der Waals surface area contributed by atoms with Gasteiger partial charge in [-0.2, -0.15) is 0 Å². The SMILES string of the molecule is COC(C)(C)OC(C)C. The van der Waals surface area contributed by atoms with Gasteiger partial charge in [-0.3, -0.25) is 0 Å². The molecule has 0 spiro atoms. The summed E-state index contributed by atoms with van der Waals surface area (Å²) in [5.41, 5.74) is 0. The topological polar surface area (TPSA) is 18.5 Å². The van der Waals surface area contributed by atoms with Crippen LogP contribution in [0.4, 0.5) is 0 Å². The molecule has 56 valence electrons. The van der Waals surface area contributed by atoms with Crippen molar-refractivity contribution < 1.29 is 9.47 Å². The number of rotatable bonds is 3. The minimum atomic E-state index is -0.436. The van der Waals surface area contributed by atoms with Crippen LogP contribution in [0, 0.1) is 0 Å². The molecule has 0 N–H and O–H groups in total. The summed E-state index contributed by atoms with van der Waals surface area (Å²) < 4.78 is 10.4. The number of ether oxygens (including phenoxy) is 2. The Morgan fingerprint density at radius 1 is 1.22 bits per heavy atom. The number of hydrogen-bond donors (Lipinski definition) is 0. The summed E-state index contributed by atoms with van der Waals surface area (Å²) in [7, 11) is 1.64. The zero-order valence-electron chi connectivity index (χ0n) is 6.89. The normalized spacial score (nSPS) is 12.7. The Kier molecular flexibility index (Phi) is 3.15. The number of hydrogen-bond acceptors (Lipinski definition) is 2. The van der Waals surface area contributed by atoms with E-state index in [-0.39, 0.29) is 6.10 Å². The molecular formula is C7H16O2. The molecule has 0 rings (SSSR count). The van der Waals surface area contributed by atoms with Crippen molar-refractivity contribution in [2.75, 3.05) is 7.11 Å². The molecule has 0 heterocycles. The fourth-order valence-electron chi connectivity index (χ4n) is 0.616. The van der Waals surface area contributed by atoms with E-state index in [9.17, 15) is 0 Å². The molecule has 0 radical (unpaired) electrons. The highest BCUT2D eigenvalue weighted by Gasteiger charge is 2.17. The first-order chi connectivity index (χ1) is 3.98. The van der Waals surface area contributed by atoms with Gasteiger partial charge in [-0.1, -0.05) is 0 Å². The van der Waals surface area contributed by atoms with Crippen molar-refractivity contribution in [3.8, 4) is 0 Å². The van der Waals surface area contributed by atoms with Gasteiger partial charge in [0.2, 0.25) is 0 Å². The molecule has 0 aromatic rings. The highest BCUT2D eigenvalue weighted by Crippen LogP contribution is 2.11. The van der Waals surface area contributed by atoms with Crippen LogP contribution >= 0.6 is 0 Å². The van der Waals surface area contributed by atoms with Gasteiger partial charge in [-0.15, -0.1) is 0 Å². The lowest BCUT2D eigenvalue weighted by Crippen LogP contribution is -2.29. The zero-order valence-corrected chi connectivity index (χ0v) is 6.89. The molecule has 0 aromatic heterocycles. The first-order valence-electron chi connectivity index (χ1n) is 3.21. The van der Waals surface area contributed by atoms with Gasteiger partial charge in [0.1, 0.15) is 0 Å². The first kappa shape index (κ1) is 8.92. The zero-order chi connectivity index (χ0) is 7.49. The fourth-order valence-corrected chi connectivity index (χ4v) is 0.616. The van der Waals surface area contributed by atoms with E-state index in [2.05, 4.69) is 0 Å². The summed E-state index contributed by atoms with van der Waals surface area (Å²) in [6.45, 7) is 7.77. The average Bonchev–Trinajstić information content (AvgIpc) is 1.63. The Morgan fingerprint density at radius 2 is 1.67 bits per heavy atom. The molecule has 9 heavy (non-hydrogen) atoms. The minimum Gasteiger partial charge on any atom is -0.354 e. The first-order valence-corrected chi connectivity index (χ1v) is 3.21. The summed E-state index contributed by atoms with van der Waals surface area (Å²) in [5.74, 6) is -0.436. The smallest absolute Gasteiger partial charge is 0.162 e. The second-order valence-corrected chi connectivity index (χ2v) is 2.77. The van der Waals surface area contributed by atoms with E-state index in [1.54, 1.807) is 7.11 Å². The van der Waals surface area contributed by atoms with Crippen LogP contribution < -0.4 is 0 Å². The van der Waals surface area contributed by atoms with Crippen molar-refractivity contribution in [3.05, 3.63) is 0 Å². The maximum absolute atomic E-state index is 5.36. The molecule has 0 saturated heterocycles. The monoisotopic (exact) mass is 132 g/mol. The van der Waals surface area contributed by atoms with E-state index >= 15 is 0 Å². The summed E-state index contributed by atoms with van der Waals surface area (Å²) in [4.78, 5) is 0. The van der Waals surface area contributed by atoms with Crippen LogP contribution in [0.2, 0.25) is 0 Å². The summed E-state index contributed by atoms with van der Waals surface area (Å²) in [6, 6.07) is 0. The van der Waals surface area contributed by atoms with Gasteiger partial charge >= 0.3 is 0 Å². The van der Waals surface area contributed by atoms with Gasteiger partial charge < -0.3 is 9.47 Å². The Labute approximate surface area is 57.2 Å². The van der Waals surface area contributed by atoms with Gasteiger partial charge in [0.05, 0.1) is 6.10 Å². The highest BCUT2D eigenvalue weighted by atomic mass is 16.7. The van der Waals surface area contributed by atoms with E-state index in [1.807, 2.05) is 27.7 Å². The Hall–Kier alpha value is -0.0800. The van der Waals surface area contributed by atoms with Crippen LogP contribution in [0.25, 0.3) is 0 Å². The lowest BCUT2D eigenvalue weighted by molar-refractivity contribution is -0.215. The maximum atomic E-state index is 5.36. The molecule has 2 nitrogen and oxygen atoms in total. The standard InChI is InChI=1S/C7H16O2/c1-6(2)9-7(3,4)8-5/h6H,1-5H3. The van der Waals surface area contributed by atoms with E-state index in [4.69, 9.17) is 9.47 Å². The molecule has 0 unspecified atom stereocenters. The predicted molar refractivity (Wildman–Crippen MR) is 37.3 cm³/mol. The summed E-state index contributed by atoms with van der Waals surface area (Å²) in [6.07, 6.45) is 0.222. The van der Waals surface area contributed by atoms with E-state index < -0.39 is 5.79 Å². The Morgan fingerprint density at radius 3 is 1.78 bits per heavy atom. The largest absolute Gasteiger partial charge is 0.354 e. The van der Waals surface area contributed by atoms with Crippen LogP contribution in [-0.4, -0.2) is 19.0 Å². The van der Waals surface area contributed by atoms with Crippen molar-refractivity contribution in [1.82, 2.24) is 0 Å². The lowest BCUT2D eigenvalue weighted by atomic mass is 10.3. The van der Waals surface area contributed by atoms with Crippen molar-refractivity contribution in [2.24, 2.45) is 0 Å². The van der Waals surface area contributed by atoms with Crippen molar-refractivity contribution in [3.63, 3.8) is 0 Å². The maximum Gasteiger partial charge on any atom is 0.162 e. The van der Waals surface area contributed by atoms with E-state index in [1.165, 1.54) is 0 Å². The average molecular weight is 132 g/mol. The summed E-state index contributed by atoms with van der Waals surface area (Å²) in [5, 5.41) is 0. The van der Waals surface area contributed by atoms with Gasteiger partial charge in [0, 0.05) is 7.11 Å². The molecule has 0 aliphatic rings. The van der Waals surface area contributed by atoms with Crippen LogP contribution in [0.15, 0.2) is 0 Å². The molecular weight excluding hydrogens is 116 g/mol.